The molecule has 0 saturated carbocycles. The minimum Gasteiger partial charge on any atom is -0.351 e. The molecule has 0 radical (unpaired) electrons. The molecule has 6 heteroatoms. The summed E-state index contributed by atoms with van der Waals surface area (Å²) in [6.45, 7) is 4.43. The predicted molar refractivity (Wildman–Crippen MR) is 44.8 cm³/mol. The standard InChI is InChI=1S/C6H14NO4P/c1-5(8)7-6(2,3)4-12(9,10)11/h4H2,1-3H3,(H,7,8)(H2,9,10,11). The largest absolute Gasteiger partial charge is 0.351 e. The number of nitrogens with one attached hydrogen (secondary N) is 1. The first-order valence-electron chi connectivity index (χ1n) is 3.46. The van der Waals surface area contributed by atoms with Crippen molar-refractivity contribution < 1.29 is 19.1 Å². The van der Waals surface area contributed by atoms with Crippen LogP contribution in [0.4, 0.5) is 0 Å². The molecule has 3 N–H and O–H groups in total. The number of carbonyl (C=O) groups is 1. The van der Waals surface area contributed by atoms with Crippen molar-refractivity contribution in [2.45, 2.75) is 26.3 Å². The predicted octanol–water partition coefficient (Wildman–Crippen LogP) is 0.0788. The summed E-state index contributed by atoms with van der Waals surface area (Å²) >= 11 is 0. The van der Waals surface area contributed by atoms with Gasteiger partial charge in [-0.2, -0.15) is 0 Å². The summed E-state index contributed by atoms with van der Waals surface area (Å²) in [7, 11) is -4.06. The van der Waals surface area contributed by atoms with Gasteiger partial charge in [-0.05, 0) is 13.8 Å². The van der Waals surface area contributed by atoms with E-state index < -0.39 is 13.1 Å². The number of amides is 1. The van der Waals surface area contributed by atoms with Crippen molar-refractivity contribution in [3.63, 3.8) is 0 Å². The topological polar surface area (TPSA) is 86.6 Å². The maximum Gasteiger partial charge on any atom is 0.327 e. The Morgan fingerprint density at radius 2 is 1.92 bits per heavy atom. The first kappa shape index (κ1) is 11.6. The van der Waals surface area contributed by atoms with Gasteiger partial charge in [0, 0.05) is 12.5 Å². The lowest BCUT2D eigenvalue weighted by Crippen LogP contribution is -2.45. The monoisotopic (exact) mass is 195 g/mol. The summed E-state index contributed by atoms with van der Waals surface area (Å²) < 4.78 is 10.6. The second-order valence-electron chi connectivity index (χ2n) is 3.39. The summed E-state index contributed by atoms with van der Waals surface area (Å²) in [5.41, 5.74) is -0.856. The van der Waals surface area contributed by atoms with Crippen LogP contribution in [-0.4, -0.2) is 27.4 Å². The third-order valence-electron chi connectivity index (χ3n) is 1.12. The van der Waals surface area contributed by atoms with E-state index >= 15 is 0 Å². The normalized spacial score (nSPS) is 12.8. The lowest BCUT2D eigenvalue weighted by atomic mass is 10.1. The van der Waals surface area contributed by atoms with Crippen LogP contribution in [0.2, 0.25) is 0 Å². The Labute approximate surface area is 71.3 Å². The van der Waals surface area contributed by atoms with Gasteiger partial charge in [-0.3, -0.25) is 9.36 Å². The second-order valence-corrected chi connectivity index (χ2v) is 5.03. The highest BCUT2D eigenvalue weighted by Crippen LogP contribution is 2.37. The summed E-state index contributed by atoms with van der Waals surface area (Å²) in [5.74, 6) is -0.298. The Hall–Kier alpha value is -0.380. The molecule has 72 valence electrons. The average molecular weight is 195 g/mol. The third kappa shape index (κ3) is 6.34. The Morgan fingerprint density at radius 1 is 1.50 bits per heavy atom. The summed E-state index contributed by atoms with van der Waals surface area (Å²) in [5, 5.41) is 2.44. The van der Waals surface area contributed by atoms with Crippen LogP contribution in [0.25, 0.3) is 0 Å². The molecule has 0 saturated heterocycles. The number of hydrogen-bond donors (Lipinski definition) is 3. The van der Waals surface area contributed by atoms with Crippen molar-refractivity contribution in [2.75, 3.05) is 6.16 Å². The molecule has 12 heavy (non-hydrogen) atoms. The van der Waals surface area contributed by atoms with Gasteiger partial charge >= 0.3 is 7.60 Å². The van der Waals surface area contributed by atoms with Gasteiger partial charge in [0.2, 0.25) is 5.91 Å². The van der Waals surface area contributed by atoms with E-state index in [9.17, 15) is 9.36 Å². The molecule has 0 aromatic rings. The van der Waals surface area contributed by atoms with Gasteiger partial charge in [-0.1, -0.05) is 0 Å². The molecule has 0 fully saturated rings. The number of rotatable bonds is 3. The van der Waals surface area contributed by atoms with E-state index in [2.05, 4.69) is 5.32 Å². The lowest BCUT2D eigenvalue weighted by Gasteiger charge is -2.25. The molecule has 0 aromatic carbocycles. The highest BCUT2D eigenvalue weighted by atomic mass is 31.2. The van der Waals surface area contributed by atoms with Crippen LogP contribution in [0.5, 0.6) is 0 Å². The van der Waals surface area contributed by atoms with Crippen LogP contribution in [-0.2, 0) is 9.36 Å². The molecule has 0 aliphatic rings. The van der Waals surface area contributed by atoms with Crippen molar-refractivity contribution in [1.82, 2.24) is 5.32 Å². The van der Waals surface area contributed by atoms with Gasteiger partial charge in [-0.25, -0.2) is 0 Å². The minimum atomic E-state index is -4.06. The van der Waals surface area contributed by atoms with Gasteiger partial charge in [0.05, 0.1) is 6.16 Å². The maximum atomic E-state index is 10.6. The van der Waals surface area contributed by atoms with Gasteiger partial charge < -0.3 is 15.1 Å². The Morgan fingerprint density at radius 3 is 2.17 bits per heavy atom. The Kier molecular flexibility index (Phi) is 3.45. The quantitative estimate of drug-likeness (QED) is 0.556. The van der Waals surface area contributed by atoms with E-state index in [1.807, 2.05) is 0 Å². The molecular weight excluding hydrogens is 181 g/mol. The van der Waals surface area contributed by atoms with E-state index in [4.69, 9.17) is 9.79 Å². The van der Waals surface area contributed by atoms with Gasteiger partial charge in [0.15, 0.2) is 0 Å². The molecule has 0 aliphatic heterocycles. The van der Waals surface area contributed by atoms with E-state index in [0.29, 0.717) is 0 Å². The smallest absolute Gasteiger partial charge is 0.327 e. The highest BCUT2D eigenvalue weighted by Gasteiger charge is 2.28. The summed E-state index contributed by atoms with van der Waals surface area (Å²) in [6.07, 6.45) is -0.348. The SMILES string of the molecule is CC(=O)NC(C)(C)CP(=O)(O)O. The van der Waals surface area contributed by atoms with Gasteiger partial charge in [-0.15, -0.1) is 0 Å². The average Bonchev–Trinajstić information content (AvgIpc) is 1.48. The fraction of sp³-hybridized carbons (Fsp3) is 0.833. The van der Waals surface area contributed by atoms with Crippen LogP contribution >= 0.6 is 7.60 Å². The van der Waals surface area contributed by atoms with Crippen molar-refractivity contribution in [2.24, 2.45) is 0 Å². The van der Waals surface area contributed by atoms with Crippen molar-refractivity contribution >= 4 is 13.5 Å². The first-order valence-corrected chi connectivity index (χ1v) is 5.25. The first-order chi connectivity index (χ1) is 5.12. The highest BCUT2D eigenvalue weighted by molar-refractivity contribution is 7.51. The van der Waals surface area contributed by atoms with E-state index in [1.165, 1.54) is 6.92 Å². The molecule has 0 spiro atoms. The van der Waals surface area contributed by atoms with Crippen LogP contribution in [0.1, 0.15) is 20.8 Å². The second kappa shape index (κ2) is 3.56. The van der Waals surface area contributed by atoms with Crippen LogP contribution in [0.3, 0.4) is 0 Å². The fourth-order valence-corrected chi connectivity index (χ4v) is 2.14. The molecule has 1 amide bonds. The molecule has 0 unspecified atom stereocenters. The zero-order valence-corrected chi connectivity index (χ0v) is 8.26. The molecule has 0 aliphatic carbocycles. The summed E-state index contributed by atoms with van der Waals surface area (Å²) in [4.78, 5) is 27.8. The maximum absolute atomic E-state index is 10.6. The zero-order chi connectivity index (χ0) is 9.99. The van der Waals surface area contributed by atoms with Crippen molar-refractivity contribution in [1.29, 1.82) is 0 Å². The molecular formula is C6H14NO4P. The molecule has 0 aromatic heterocycles. The molecule has 5 nitrogen and oxygen atoms in total. The zero-order valence-electron chi connectivity index (χ0n) is 7.37. The Bertz CT molecular complexity index is 220. The molecule has 0 rings (SSSR count). The van der Waals surface area contributed by atoms with Crippen LogP contribution < -0.4 is 5.32 Å². The van der Waals surface area contributed by atoms with E-state index in [-0.39, 0.29) is 12.1 Å². The van der Waals surface area contributed by atoms with Crippen LogP contribution in [0.15, 0.2) is 0 Å². The number of hydrogen-bond acceptors (Lipinski definition) is 2. The van der Waals surface area contributed by atoms with Crippen molar-refractivity contribution in [3.05, 3.63) is 0 Å². The van der Waals surface area contributed by atoms with Gasteiger partial charge in [0.25, 0.3) is 0 Å². The van der Waals surface area contributed by atoms with E-state index in [0.717, 1.165) is 0 Å². The third-order valence-corrected chi connectivity index (χ3v) is 2.32. The molecule has 0 heterocycles. The fourth-order valence-electron chi connectivity index (χ4n) is 1.03. The van der Waals surface area contributed by atoms with Gasteiger partial charge in [0.1, 0.15) is 0 Å². The molecule has 0 atom stereocenters. The van der Waals surface area contributed by atoms with E-state index in [1.54, 1.807) is 13.8 Å². The minimum absolute atomic E-state index is 0.298. The Balaban J connectivity index is 4.23. The van der Waals surface area contributed by atoms with Crippen LogP contribution in [0, 0.1) is 0 Å². The number of carbonyl (C=O) groups excluding carboxylic acids is 1. The summed E-state index contributed by atoms with van der Waals surface area (Å²) in [6, 6.07) is 0. The molecule has 0 bridgehead atoms. The lowest BCUT2D eigenvalue weighted by molar-refractivity contribution is -0.120. The van der Waals surface area contributed by atoms with Crippen molar-refractivity contribution in [3.8, 4) is 0 Å².